The van der Waals surface area contributed by atoms with Crippen LogP contribution in [0.4, 0.5) is 34.1 Å². The summed E-state index contributed by atoms with van der Waals surface area (Å²) in [7, 11) is 0. The summed E-state index contributed by atoms with van der Waals surface area (Å²) in [6.07, 6.45) is 0. The minimum absolute atomic E-state index is 0.0954. The van der Waals surface area contributed by atoms with Crippen LogP contribution in [0.5, 0.6) is 0 Å². The molecule has 5 heteroatoms. The maximum absolute atomic E-state index is 2.76. The minimum Gasteiger partial charge on any atom is -0.310 e. The van der Waals surface area contributed by atoms with Gasteiger partial charge in [-0.25, -0.2) is 0 Å². The first-order valence-electron chi connectivity index (χ1n) is 40.0. The Hall–Kier alpha value is -10.9. The van der Waals surface area contributed by atoms with E-state index in [1.807, 2.05) is 0 Å². The highest BCUT2D eigenvalue weighted by Crippen LogP contribution is 2.56. The first-order chi connectivity index (χ1) is 52.2. The molecule has 548 valence electrons. The van der Waals surface area contributed by atoms with Crippen molar-refractivity contribution in [3.05, 3.63) is 306 Å². The molecule has 4 nitrogen and oxygen atoms in total. The molecule has 13 aromatic carbocycles. The van der Waals surface area contributed by atoms with Crippen molar-refractivity contribution in [2.24, 2.45) is 0 Å². The van der Waals surface area contributed by atoms with Gasteiger partial charge in [-0.3, -0.25) is 0 Å². The van der Waals surface area contributed by atoms with Gasteiger partial charge in [0.25, 0.3) is 6.71 Å². The Balaban J connectivity index is 1.08. The van der Waals surface area contributed by atoms with Crippen LogP contribution in [-0.4, -0.2) is 15.8 Å². The SMILES string of the molecule is CC(C)c1cc2c3c(c1)N(c1c(-c4ccccc4)cc(C(C)(C)C)cc1-c1ccccc1)c1cc(-n4c5cc(C(C)(C)C)ccc5c5ccc(C(C)(C)C)cc54)ccc1B3c1ccc(-n3c4cc(C(C)(C)C)ccc4c4ccc(C(C)(C)C)cc43)cc1N2c1c(-c2ccccc2)cc(C(C)(C)C)cc1-c1ccccc1. The van der Waals surface area contributed by atoms with Crippen LogP contribution in [0.25, 0.3) is 99.5 Å². The number of aromatic nitrogens is 2. The molecule has 2 aromatic heterocycles. The smallest absolute Gasteiger partial charge is 0.252 e. The van der Waals surface area contributed by atoms with Crippen molar-refractivity contribution >= 4 is 101 Å². The third kappa shape index (κ3) is 12.2. The minimum atomic E-state index is -0.249. The second kappa shape index (κ2) is 25.9. The van der Waals surface area contributed by atoms with Crippen LogP contribution in [0.2, 0.25) is 0 Å². The van der Waals surface area contributed by atoms with Crippen molar-refractivity contribution in [3.63, 3.8) is 0 Å². The van der Waals surface area contributed by atoms with Gasteiger partial charge in [-0.05, 0) is 201 Å². The highest BCUT2D eigenvalue weighted by molar-refractivity contribution is 7.00. The number of rotatable bonds is 9. The molecule has 0 aliphatic carbocycles. The zero-order valence-corrected chi connectivity index (χ0v) is 68.3. The molecule has 2 aliphatic heterocycles. The molecule has 0 atom stereocenters. The van der Waals surface area contributed by atoms with Crippen LogP contribution in [0.3, 0.4) is 0 Å². The summed E-state index contributed by atoms with van der Waals surface area (Å²) in [5, 5.41) is 5.00. The highest BCUT2D eigenvalue weighted by Gasteiger charge is 2.47. The average Bonchev–Trinajstić information content (AvgIpc) is 0.690. The summed E-state index contributed by atoms with van der Waals surface area (Å²) < 4.78 is 5.22. The molecule has 0 N–H and O–H groups in total. The second-order valence-electron chi connectivity index (χ2n) is 38.1. The fourth-order valence-electron chi connectivity index (χ4n) is 17.5. The summed E-state index contributed by atoms with van der Waals surface area (Å²) in [5.74, 6) is 0.119. The number of nitrogens with zero attached hydrogens (tertiary/aromatic N) is 4. The van der Waals surface area contributed by atoms with Crippen molar-refractivity contribution in [3.8, 4) is 55.9 Å². The van der Waals surface area contributed by atoms with E-state index in [0.29, 0.717) is 0 Å². The summed E-state index contributed by atoms with van der Waals surface area (Å²) in [5.41, 5.74) is 35.4. The number of fused-ring (bicyclic) bond motifs is 10. The Morgan fingerprint density at radius 3 is 0.764 bits per heavy atom. The van der Waals surface area contributed by atoms with E-state index < -0.39 is 0 Å². The lowest BCUT2D eigenvalue weighted by Crippen LogP contribution is -2.61. The Labute approximate surface area is 654 Å². The van der Waals surface area contributed by atoms with Gasteiger partial charge in [0, 0.05) is 77.9 Å². The van der Waals surface area contributed by atoms with Gasteiger partial charge in [0.15, 0.2) is 0 Å². The number of hydrogen-bond donors (Lipinski definition) is 0. The second-order valence-corrected chi connectivity index (χ2v) is 38.1. The molecule has 0 bridgehead atoms. The van der Waals surface area contributed by atoms with E-state index in [2.05, 4.69) is 424 Å². The molecule has 110 heavy (non-hydrogen) atoms. The predicted octanol–water partition coefficient (Wildman–Crippen LogP) is 27.5. The van der Waals surface area contributed by atoms with Crippen LogP contribution in [-0.2, 0) is 32.5 Å². The lowest BCUT2D eigenvalue weighted by Gasteiger charge is -2.46. The summed E-state index contributed by atoms with van der Waals surface area (Å²) in [4.78, 5) is 5.53. The monoisotopic (exact) mass is 1430 g/mol. The molecule has 0 amide bonds. The van der Waals surface area contributed by atoms with E-state index in [4.69, 9.17) is 0 Å². The third-order valence-corrected chi connectivity index (χ3v) is 24.0. The van der Waals surface area contributed by atoms with Crippen molar-refractivity contribution in [2.45, 2.75) is 177 Å². The van der Waals surface area contributed by atoms with E-state index in [1.165, 1.54) is 155 Å². The summed E-state index contributed by atoms with van der Waals surface area (Å²) in [6.45, 7) is 46.9. The molecule has 0 saturated carbocycles. The fraction of sp³-hybridized carbons (Fsp3) is 0.257. The van der Waals surface area contributed by atoms with Gasteiger partial charge in [-0.2, -0.15) is 0 Å². The molecular formula is C105H105BN4. The van der Waals surface area contributed by atoms with Gasteiger partial charge in [0.05, 0.1) is 33.4 Å². The van der Waals surface area contributed by atoms with Crippen LogP contribution < -0.4 is 26.2 Å². The van der Waals surface area contributed by atoms with Crippen LogP contribution >= 0.6 is 0 Å². The zero-order chi connectivity index (χ0) is 77.2. The topological polar surface area (TPSA) is 16.3 Å². The maximum atomic E-state index is 2.76. The zero-order valence-electron chi connectivity index (χ0n) is 68.3. The van der Waals surface area contributed by atoms with E-state index in [1.54, 1.807) is 0 Å². The van der Waals surface area contributed by atoms with Gasteiger partial charge in [0.2, 0.25) is 0 Å². The summed E-state index contributed by atoms with van der Waals surface area (Å²) >= 11 is 0. The van der Waals surface area contributed by atoms with Gasteiger partial charge in [-0.1, -0.05) is 320 Å². The molecule has 0 fully saturated rings. The fourth-order valence-corrected chi connectivity index (χ4v) is 17.5. The molecule has 0 saturated heterocycles. The van der Waals surface area contributed by atoms with Crippen LogP contribution in [0.15, 0.2) is 267 Å². The average molecular weight is 1430 g/mol. The normalized spacial score (nSPS) is 13.5. The molecule has 0 radical (unpaired) electrons. The first-order valence-corrected chi connectivity index (χ1v) is 40.0. The van der Waals surface area contributed by atoms with Gasteiger partial charge in [-0.15, -0.1) is 0 Å². The molecule has 0 unspecified atom stereocenters. The molecule has 2 aliphatic rings. The van der Waals surface area contributed by atoms with E-state index >= 15 is 0 Å². The van der Waals surface area contributed by atoms with Gasteiger partial charge in [0.1, 0.15) is 0 Å². The quantitative estimate of drug-likeness (QED) is 0.134. The van der Waals surface area contributed by atoms with Crippen molar-refractivity contribution < 1.29 is 0 Å². The van der Waals surface area contributed by atoms with E-state index in [0.717, 1.165) is 34.1 Å². The van der Waals surface area contributed by atoms with Crippen molar-refractivity contribution in [2.75, 3.05) is 9.80 Å². The number of anilines is 6. The number of benzene rings is 13. The maximum Gasteiger partial charge on any atom is 0.252 e. The largest absolute Gasteiger partial charge is 0.310 e. The highest BCUT2D eigenvalue weighted by atomic mass is 15.2. The molecule has 4 heterocycles. The Morgan fingerprint density at radius 2 is 0.518 bits per heavy atom. The van der Waals surface area contributed by atoms with Gasteiger partial charge < -0.3 is 18.9 Å². The molecule has 0 spiro atoms. The Kier molecular flexibility index (Phi) is 16.9. The third-order valence-electron chi connectivity index (χ3n) is 24.0. The Morgan fingerprint density at radius 1 is 0.255 bits per heavy atom. The molecule has 17 rings (SSSR count). The van der Waals surface area contributed by atoms with E-state index in [-0.39, 0.29) is 45.1 Å². The van der Waals surface area contributed by atoms with Gasteiger partial charge >= 0.3 is 0 Å². The molecule has 15 aromatic rings. The van der Waals surface area contributed by atoms with Crippen LogP contribution in [0, 0.1) is 0 Å². The number of hydrogen-bond acceptors (Lipinski definition) is 2. The summed E-state index contributed by atoms with van der Waals surface area (Å²) in [6, 6.07) is 105. The Bertz CT molecular complexity index is 5530. The van der Waals surface area contributed by atoms with E-state index in [9.17, 15) is 0 Å². The first kappa shape index (κ1) is 72.0. The lowest BCUT2D eigenvalue weighted by atomic mass is 9.33. The van der Waals surface area contributed by atoms with Crippen molar-refractivity contribution in [1.29, 1.82) is 0 Å². The lowest BCUT2D eigenvalue weighted by molar-refractivity contribution is 0.590. The predicted molar refractivity (Wildman–Crippen MR) is 477 cm³/mol. The molecular weight excluding hydrogens is 1330 g/mol. The standard InChI is InChI=1S/C105H105BN4/c1-65(2)70-53-95-97-96(54-70)110(99-85(68-37-29-23-30-38-68)57-76(105(18,19)20)58-86(99)69-39-31-24-32-40-69)94-64-78(108-91-61-73(102(9,10)11)43-49-81(91)82-50-44-74(62-92(82)108)103(12,13)14)46-52-88(94)106(97)87-51-45-77(107-89-59-71(100(3,4)5)41-47-79(89)80-48-42-72(60-90(80)107)101(6,7)8)63-93(87)109(95)98-83(66-33-25-21-26-34-66)55-75(104(15,16)17)56-84(98)67-35-27-22-28-36-67/h21-65H,1-20H3. The van der Waals surface area contributed by atoms with Crippen molar-refractivity contribution in [1.82, 2.24) is 9.13 Å². The van der Waals surface area contributed by atoms with Crippen LogP contribution in [0.1, 0.15) is 183 Å².